The first-order valence-corrected chi connectivity index (χ1v) is 6.52. The smallest absolute Gasteiger partial charge is 0.349 e. The van der Waals surface area contributed by atoms with Gasteiger partial charge in [0.1, 0.15) is 6.04 Å². The van der Waals surface area contributed by atoms with E-state index >= 15 is 0 Å². The number of aliphatic hydroxyl groups excluding tert-OH is 1. The Morgan fingerprint density at radius 2 is 1.81 bits per heavy atom. The maximum Gasteiger partial charge on any atom is 0.349 e. The van der Waals surface area contributed by atoms with Crippen molar-refractivity contribution in [1.29, 1.82) is 0 Å². The van der Waals surface area contributed by atoms with E-state index in [0.717, 1.165) is 0 Å². The fraction of sp³-hybridized carbons (Fsp3) is 0.636. The predicted molar refractivity (Wildman–Crippen MR) is 71.9 cm³/mol. The average molecular weight is 323 g/mol. The van der Waals surface area contributed by atoms with Gasteiger partial charge in [0.05, 0.1) is 16.1 Å². The minimum atomic E-state index is -1.22. The Hall–Kier alpha value is -1.73. The minimum Gasteiger partial charge on any atom is -0.481 e. The van der Waals surface area contributed by atoms with E-state index < -0.39 is 42.6 Å². The number of aliphatic carboxylic acids is 1. The minimum absolute atomic E-state index is 0.200. The van der Waals surface area contributed by atoms with Crippen molar-refractivity contribution in [3.05, 3.63) is 0 Å². The first-order valence-electron chi connectivity index (χ1n) is 6.04. The summed E-state index contributed by atoms with van der Waals surface area (Å²) in [6.45, 7) is 0.858. The van der Waals surface area contributed by atoms with E-state index in [-0.39, 0.29) is 19.3 Å². The number of hydrogen-bond donors (Lipinski definition) is 3. The zero-order valence-electron chi connectivity index (χ0n) is 11.4. The lowest BCUT2D eigenvalue weighted by atomic mass is 10.1. The maximum absolute atomic E-state index is 11.8. The molecule has 0 spiro atoms. The van der Waals surface area contributed by atoms with Crippen LogP contribution in [0.25, 0.3) is 0 Å². The van der Waals surface area contributed by atoms with Crippen LogP contribution >= 0.6 is 9.47 Å². The molecule has 0 bridgehead atoms. The third-order valence-electron chi connectivity index (χ3n) is 2.35. The van der Waals surface area contributed by atoms with E-state index in [1.165, 1.54) is 6.92 Å². The summed E-state index contributed by atoms with van der Waals surface area (Å²) in [5.74, 6) is -3.55. The fourth-order valence-electron chi connectivity index (χ4n) is 1.29. The van der Waals surface area contributed by atoms with Gasteiger partial charge in [-0.05, 0) is 13.3 Å². The first-order chi connectivity index (χ1) is 9.81. The van der Waals surface area contributed by atoms with E-state index in [2.05, 4.69) is 9.84 Å². The molecule has 0 saturated heterocycles. The van der Waals surface area contributed by atoms with Crippen molar-refractivity contribution in [3.63, 3.8) is 0 Å². The number of carbonyl (C=O) groups excluding carboxylic acids is 3. The van der Waals surface area contributed by atoms with Gasteiger partial charge in [0.25, 0.3) is 0 Å². The number of aliphatic hydroxyl groups is 1. The van der Waals surface area contributed by atoms with E-state index in [1.807, 2.05) is 0 Å². The Kier molecular flexibility index (Phi) is 9.23. The molecular weight excluding hydrogens is 305 g/mol. The number of nitrogens with one attached hydrogen (secondary N) is 1. The van der Waals surface area contributed by atoms with Crippen LogP contribution in [0.1, 0.15) is 26.2 Å². The Morgan fingerprint density at radius 1 is 1.19 bits per heavy atom. The number of carbonyl (C=O) groups is 4. The van der Waals surface area contributed by atoms with Gasteiger partial charge >= 0.3 is 17.9 Å². The highest BCUT2D eigenvalue weighted by Crippen LogP contribution is 2.06. The molecule has 0 rings (SSSR count). The molecule has 0 fully saturated rings. The van der Waals surface area contributed by atoms with Crippen LogP contribution in [0.15, 0.2) is 0 Å². The van der Waals surface area contributed by atoms with Gasteiger partial charge in [-0.25, -0.2) is 9.59 Å². The summed E-state index contributed by atoms with van der Waals surface area (Å²) in [5, 5.41) is 19.5. The number of ether oxygens (including phenoxy) is 1. The topological polar surface area (TPSA) is 139 Å². The summed E-state index contributed by atoms with van der Waals surface area (Å²) in [6.07, 6.45) is -2.01. The molecule has 0 radical (unpaired) electrons. The molecule has 1 amide bonds. The van der Waals surface area contributed by atoms with Crippen LogP contribution in [-0.4, -0.2) is 52.8 Å². The largest absolute Gasteiger partial charge is 0.481 e. The van der Waals surface area contributed by atoms with Crippen LogP contribution in [-0.2, 0) is 28.4 Å². The molecule has 3 atom stereocenters. The number of hydrogen-bond acceptors (Lipinski definition) is 7. The number of carboxylic acid groups (broad SMARTS) is 1. The van der Waals surface area contributed by atoms with Crippen molar-refractivity contribution in [2.24, 2.45) is 0 Å². The number of carboxylic acids is 1. The first kappa shape index (κ1) is 19.3. The van der Waals surface area contributed by atoms with Gasteiger partial charge in [-0.2, -0.15) is 0 Å². The molecule has 0 aliphatic heterocycles. The Balaban J connectivity index is 4.68. The van der Waals surface area contributed by atoms with Crippen LogP contribution < -0.4 is 5.32 Å². The molecule has 3 N–H and O–H groups in total. The predicted octanol–water partition coefficient (Wildman–Crippen LogP) is -1.02. The highest BCUT2D eigenvalue weighted by atomic mass is 31.0. The molecule has 10 heteroatoms. The Bertz CT molecular complexity index is 400. The van der Waals surface area contributed by atoms with Gasteiger partial charge in [0, 0.05) is 12.8 Å². The number of esters is 1. The second-order valence-corrected chi connectivity index (χ2v) is 4.28. The molecular formula is C11H18NO8P. The van der Waals surface area contributed by atoms with E-state index in [9.17, 15) is 19.2 Å². The molecule has 21 heavy (non-hydrogen) atoms. The average Bonchev–Trinajstić information content (AvgIpc) is 2.42. The lowest BCUT2D eigenvalue weighted by Gasteiger charge is -2.19. The van der Waals surface area contributed by atoms with Crippen molar-refractivity contribution in [1.82, 2.24) is 5.32 Å². The molecule has 0 saturated carbocycles. The van der Waals surface area contributed by atoms with Gasteiger partial charge in [0.2, 0.25) is 5.91 Å². The van der Waals surface area contributed by atoms with Crippen molar-refractivity contribution >= 4 is 33.3 Å². The third kappa shape index (κ3) is 8.21. The molecule has 0 aliphatic carbocycles. The van der Waals surface area contributed by atoms with Gasteiger partial charge in [-0.15, -0.1) is 0 Å². The Morgan fingerprint density at radius 3 is 2.29 bits per heavy atom. The highest BCUT2D eigenvalue weighted by Gasteiger charge is 2.27. The molecule has 0 heterocycles. The summed E-state index contributed by atoms with van der Waals surface area (Å²) in [7, 11) is 1.71. The zero-order valence-corrected chi connectivity index (χ0v) is 12.6. The van der Waals surface area contributed by atoms with E-state index in [4.69, 9.17) is 14.9 Å². The summed E-state index contributed by atoms with van der Waals surface area (Å²) in [5.41, 5.74) is 0. The summed E-state index contributed by atoms with van der Waals surface area (Å²) in [6, 6.07) is -1.22. The van der Waals surface area contributed by atoms with E-state index in [1.54, 1.807) is 9.47 Å². The monoisotopic (exact) mass is 323 g/mol. The lowest BCUT2D eigenvalue weighted by molar-refractivity contribution is -0.162. The van der Waals surface area contributed by atoms with Gasteiger partial charge in [-0.1, -0.05) is 0 Å². The van der Waals surface area contributed by atoms with Crippen LogP contribution in [0.4, 0.5) is 0 Å². The standard InChI is InChI=1S/C11H18NO8P/c1-6(10(17)20-21)19-11(18)7(2-3-9(15)16)12-8(14)4-5-13/h6-7,13H,2-5,21H2,1H3,(H,12,14)(H,15,16)/t6-,7-/m0/s1. The maximum atomic E-state index is 11.8. The highest BCUT2D eigenvalue weighted by molar-refractivity contribution is 7.10. The SMILES string of the molecule is C[C@H](OC(=O)[C@H](CCC(=O)O)NC(=O)CCO)C(=O)OP. The molecule has 9 nitrogen and oxygen atoms in total. The van der Waals surface area contributed by atoms with Crippen LogP contribution in [0.3, 0.4) is 0 Å². The molecule has 0 aromatic rings. The van der Waals surface area contributed by atoms with Crippen LogP contribution in [0, 0.1) is 0 Å². The lowest BCUT2D eigenvalue weighted by Crippen LogP contribution is -2.44. The second-order valence-electron chi connectivity index (χ2n) is 4.04. The summed E-state index contributed by atoms with van der Waals surface area (Å²) >= 11 is 0. The van der Waals surface area contributed by atoms with Gasteiger partial charge in [-0.3, -0.25) is 9.59 Å². The van der Waals surface area contributed by atoms with Crippen molar-refractivity contribution in [2.45, 2.75) is 38.3 Å². The number of amides is 1. The molecule has 0 aliphatic rings. The number of rotatable bonds is 9. The summed E-state index contributed by atoms with van der Waals surface area (Å²) in [4.78, 5) is 44.8. The molecule has 0 aromatic heterocycles. The fourth-order valence-corrected chi connectivity index (χ4v) is 1.48. The quantitative estimate of drug-likeness (QED) is 0.362. The van der Waals surface area contributed by atoms with Gasteiger partial charge in [0.15, 0.2) is 6.10 Å². The second kappa shape index (κ2) is 10.1. The van der Waals surface area contributed by atoms with Crippen molar-refractivity contribution in [3.8, 4) is 0 Å². The van der Waals surface area contributed by atoms with E-state index in [0.29, 0.717) is 0 Å². The zero-order chi connectivity index (χ0) is 16.4. The molecule has 120 valence electrons. The summed E-state index contributed by atoms with van der Waals surface area (Å²) < 4.78 is 9.08. The molecule has 1 unspecified atom stereocenters. The Labute approximate surface area is 123 Å². The normalized spacial score (nSPS) is 12.9. The third-order valence-corrected chi connectivity index (χ3v) is 2.58. The van der Waals surface area contributed by atoms with Crippen LogP contribution in [0.2, 0.25) is 0 Å². The molecule has 0 aromatic carbocycles. The van der Waals surface area contributed by atoms with Crippen LogP contribution in [0.5, 0.6) is 0 Å². The van der Waals surface area contributed by atoms with Gasteiger partial charge < -0.3 is 24.8 Å². The van der Waals surface area contributed by atoms with Crippen molar-refractivity contribution < 1.29 is 38.7 Å². The van der Waals surface area contributed by atoms with Crippen molar-refractivity contribution in [2.75, 3.05) is 6.61 Å².